The molecule has 1 aliphatic heterocycles. The summed E-state index contributed by atoms with van der Waals surface area (Å²) in [6.07, 6.45) is 1.74. The predicted molar refractivity (Wildman–Crippen MR) is 66.9 cm³/mol. The van der Waals surface area contributed by atoms with Crippen LogP contribution in [0.2, 0.25) is 0 Å². The molecule has 1 fully saturated rings. The largest absolute Gasteiger partial charge is 0.459 e. The Balaban J connectivity index is 2.26. The van der Waals surface area contributed by atoms with Crippen LogP contribution in [0.5, 0.6) is 0 Å². The molecule has 0 aromatic rings. The highest BCUT2D eigenvalue weighted by atomic mass is 16.5. The smallest absolute Gasteiger partial charge is 0.333 e. The first-order valence-corrected chi connectivity index (χ1v) is 6.30. The number of nitrogens with zero attached hydrogens (tertiary/aromatic N) is 1. The minimum absolute atomic E-state index is 0.00189. The van der Waals surface area contributed by atoms with Gasteiger partial charge in [0.1, 0.15) is 6.10 Å². The van der Waals surface area contributed by atoms with Crippen LogP contribution >= 0.6 is 0 Å². The second-order valence-corrected chi connectivity index (χ2v) is 4.46. The molecule has 98 valence electrons. The Morgan fingerprint density at radius 3 is 2.65 bits per heavy atom. The van der Waals surface area contributed by atoms with Crippen LogP contribution < -0.4 is 0 Å². The lowest BCUT2D eigenvalue weighted by atomic mass is 10.2. The van der Waals surface area contributed by atoms with Crippen molar-refractivity contribution in [3.8, 4) is 0 Å². The van der Waals surface area contributed by atoms with Crippen LogP contribution in [0.15, 0.2) is 12.2 Å². The molecule has 4 nitrogen and oxygen atoms in total. The van der Waals surface area contributed by atoms with E-state index in [-0.39, 0.29) is 12.1 Å². The fraction of sp³-hybridized carbons (Fsp3) is 0.769. The number of morpholine rings is 1. The Labute approximate surface area is 104 Å². The molecule has 0 radical (unpaired) electrons. The normalized spacial score (nSPS) is 18.7. The summed E-state index contributed by atoms with van der Waals surface area (Å²) in [6, 6.07) is 0. The molecule has 4 heteroatoms. The molecule has 1 rings (SSSR count). The number of rotatable bonds is 6. The van der Waals surface area contributed by atoms with Crippen LogP contribution in [0.1, 0.15) is 26.7 Å². The van der Waals surface area contributed by atoms with Crippen LogP contribution in [0.25, 0.3) is 0 Å². The summed E-state index contributed by atoms with van der Waals surface area (Å²) in [6.45, 7) is 11.8. The molecule has 0 N–H and O–H groups in total. The van der Waals surface area contributed by atoms with Gasteiger partial charge in [-0.05, 0) is 19.8 Å². The number of ether oxygens (including phenoxy) is 2. The fourth-order valence-corrected chi connectivity index (χ4v) is 1.75. The van der Waals surface area contributed by atoms with Gasteiger partial charge in [-0.3, -0.25) is 4.90 Å². The average Bonchev–Trinajstić information content (AvgIpc) is 2.35. The van der Waals surface area contributed by atoms with Crippen molar-refractivity contribution < 1.29 is 14.3 Å². The highest BCUT2D eigenvalue weighted by Gasteiger charge is 2.16. The summed E-state index contributed by atoms with van der Waals surface area (Å²) in [5.74, 6) is -0.279. The number of hydrogen-bond donors (Lipinski definition) is 0. The van der Waals surface area contributed by atoms with Crippen molar-refractivity contribution in [2.45, 2.75) is 32.8 Å². The molecule has 0 amide bonds. The van der Waals surface area contributed by atoms with E-state index in [2.05, 4.69) is 11.5 Å². The average molecular weight is 241 g/mol. The van der Waals surface area contributed by atoms with Gasteiger partial charge in [-0.25, -0.2) is 4.79 Å². The molecule has 1 aliphatic rings. The van der Waals surface area contributed by atoms with Crippen LogP contribution in [0.3, 0.4) is 0 Å². The third-order valence-corrected chi connectivity index (χ3v) is 2.95. The lowest BCUT2D eigenvalue weighted by Crippen LogP contribution is -2.38. The molecule has 0 bridgehead atoms. The standard InChI is InChI=1S/C13H23NO3/c1-4-12(17-13(15)11(2)3)5-6-14-7-9-16-10-8-14/h12H,2,4-10H2,1,3H3. The van der Waals surface area contributed by atoms with Crippen molar-refractivity contribution in [1.29, 1.82) is 0 Å². The van der Waals surface area contributed by atoms with Gasteiger partial charge in [-0.2, -0.15) is 0 Å². The Kier molecular flexibility index (Phi) is 6.22. The van der Waals surface area contributed by atoms with Gasteiger partial charge < -0.3 is 9.47 Å². The summed E-state index contributed by atoms with van der Waals surface area (Å²) in [5, 5.41) is 0. The van der Waals surface area contributed by atoms with E-state index in [1.807, 2.05) is 6.92 Å². The van der Waals surface area contributed by atoms with Gasteiger partial charge in [-0.15, -0.1) is 0 Å². The first kappa shape index (κ1) is 14.2. The van der Waals surface area contributed by atoms with Gasteiger partial charge in [0.2, 0.25) is 0 Å². The molecule has 0 saturated carbocycles. The van der Waals surface area contributed by atoms with Gasteiger partial charge in [0.05, 0.1) is 13.2 Å². The third-order valence-electron chi connectivity index (χ3n) is 2.95. The van der Waals surface area contributed by atoms with Gasteiger partial charge in [0.15, 0.2) is 0 Å². The number of hydrogen-bond acceptors (Lipinski definition) is 4. The summed E-state index contributed by atoms with van der Waals surface area (Å²) in [4.78, 5) is 13.8. The summed E-state index contributed by atoms with van der Waals surface area (Å²) in [7, 11) is 0. The zero-order valence-corrected chi connectivity index (χ0v) is 10.9. The van der Waals surface area contributed by atoms with Gasteiger partial charge >= 0.3 is 5.97 Å². The second kappa shape index (κ2) is 7.45. The highest BCUT2D eigenvalue weighted by molar-refractivity contribution is 5.87. The van der Waals surface area contributed by atoms with E-state index in [1.165, 1.54) is 0 Å². The first-order valence-electron chi connectivity index (χ1n) is 6.30. The summed E-state index contributed by atoms with van der Waals surface area (Å²) >= 11 is 0. The topological polar surface area (TPSA) is 38.8 Å². The number of carbonyl (C=O) groups excluding carboxylic acids is 1. The van der Waals surface area contributed by atoms with E-state index in [9.17, 15) is 4.79 Å². The molecular formula is C13H23NO3. The Bertz CT molecular complexity index is 259. The molecule has 1 saturated heterocycles. The highest BCUT2D eigenvalue weighted by Crippen LogP contribution is 2.09. The fourth-order valence-electron chi connectivity index (χ4n) is 1.75. The summed E-state index contributed by atoms with van der Waals surface area (Å²) in [5.41, 5.74) is 0.467. The van der Waals surface area contributed by atoms with Crippen molar-refractivity contribution in [3.63, 3.8) is 0 Å². The van der Waals surface area contributed by atoms with Gasteiger partial charge in [0, 0.05) is 25.2 Å². The quantitative estimate of drug-likeness (QED) is 0.523. The third kappa shape index (κ3) is 5.33. The van der Waals surface area contributed by atoms with E-state index in [0.29, 0.717) is 5.57 Å². The Hall–Kier alpha value is -0.870. The van der Waals surface area contributed by atoms with Crippen molar-refractivity contribution in [2.24, 2.45) is 0 Å². The lowest BCUT2D eigenvalue weighted by molar-refractivity contribution is -0.144. The molecule has 1 heterocycles. The van der Waals surface area contributed by atoms with E-state index in [0.717, 1.165) is 45.7 Å². The molecule has 1 unspecified atom stereocenters. The maximum atomic E-state index is 11.4. The Morgan fingerprint density at radius 1 is 1.47 bits per heavy atom. The monoisotopic (exact) mass is 241 g/mol. The van der Waals surface area contributed by atoms with Crippen molar-refractivity contribution in [3.05, 3.63) is 12.2 Å². The minimum atomic E-state index is -0.279. The van der Waals surface area contributed by atoms with Crippen LogP contribution in [-0.2, 0) is 14.3 Å². The zero-order valence-electron chi connectivity index (χ0n) is 10.9. The van der Waals surface area contributed by atoms with Gasteiger partial charge in [0.25, 0.3) is 0 Å². The molecule has 17 heavy (non-hydrogen) atoms. The van der Waals surface area contributed by atoms with Crippen molar-refractivity contribution >= 4 is 5.97 Å². The molecular weight excluding hydrogens is 218 g/mol. The molecule has 0 spiro atoms. The van der Waals surface area contributed by atoms with E-state index in [4.69, 9.17) is 9.47 Å². The molecule has 1 atom stereocenters. The summed E-state index contributed by atoms with van der Waals surface area (Å²) < 4.78 is 10.6. The second-order valence-electron chi connectivity index (χ2n) is 4.46. The van der Waals surface area contributed by atoms with E-state index < -0.39 is 0 Å². The van der Waals surface area contributed by atoms with Crippen LogP contribution in [0.4, 0.5) is 0 Å². The first-order chi connectivity index (χ1) is 8.13. The maximum Gasteiger partial charge on any atom is 0.333 e. The van der Waals surface area contributed by atoms with Gasteiger partial charge in [-0.1, -0.05) is 13.5 Å². The van der Waals surface area contributed by atoms with E-state index >= 15 is 0 Å². The number of carbonyl (C=O) groups is 1. The predicted octanol–water partition coefficient (Wildman–Crippen LogP) is 1.61. The SMILES string of the molecule is C=C(C)C(=O)OC(CC)CCN1CCOCC1. The van der Waals surface area contributed by atoms with Crippen molar-refractivity contribution in [1.82, 2.24) is 4.90 Å². The molecule has 0 aromatic carbocycles. The van der Waals surface area contributed by atoms with Crippen molar-refractivity contribution in [2.75, 3.05) is 32.8 Å². The molecule has 0 aromatic heterocycles. The Morgan fingerprint density at radius 2 is 2.12 bits per heavy atom. The zero-order chi connectivity index (χ0) is 12.7. The maximum absolute atomic E-state index is 11.4. The van der Waals surface area contributed by atoms with Crippen LogP contribution in [0, 0.1) is 0 Å². The van der Waals surface area contributed by atoms with E-state index in [1.54, 1.807) is 6.92 Å². The van der Waals surface area contributed by atoms with Crippen LogP contribution in [-0.4, -0.2) is 49.8 Å². The minimum Gasteiger partial charge on any atom is -0.459 e. The number of esters is 1. The molecule has 0 aliphatic carbocycles. The lowest BCUT2D eigenvalue weighted by Gasteiger charge is -2.28.